The lowest BCUT2D eigenvalue weighted by Gasteiger charge is -2.45. The highest BCUT2D eigenvalue weighted by molar-refractivity contribution is 4.88. The van der Waals surface area contributed by atoms with E-state index in [4.69, 9.17) is 5.73 Å². The summed E-state index contributed by atoms with van der Waals surface area (Å²) in [5, 5.41) is 0. The first kappa shape index (κ1) is 12.4. The predicted molar refractivity (Wildman–Crippen MR) is 69.5 cm³/mol. The van der Waals surface area contributed by atoms with Crippen LogP contribution in [0.3, 0.4) is 0 Å². The Morgan fingerprint density at radius 2 is 1.62 bits per heavy atom. The van der Waals surface area contributed by atoms with E-state index in [0.29, 0.717) is 6.04 Å². The minimum Gasteiger partial charge on any atom is -0.329 e. The smallest absolute Gasteiger partial charge is 0.0224 e. The third kappa shape index (κ3) is 2.78. The van der Waals surface area contributed by atoms with Crippen molar-refractivity contribution in [1.82, 2.24) is 4.90 Å². The Morgan fingerprint density at radius 1 is 0.938 bits per heavy atom. The number of piperidine rings is 1. The highest BCUT2D eigenvalue weighted by Crippen LogP contribution is 2.30. The summed E-state index contributed by atoms with van der Waals surface area (Å²) in [5.41, 5.74) is 5.96. The highest BCUT2D eigenvalue weighted by atomic mass is 15.2. The van der Waals surface area contributed by atoms with Gasteiger partial charge in [0.1, 0.15) is 0 Å². The van der Waals surface area contributed by atoms with Gasteiger partial charge in [0.15, 0.2) is 0 Å². The average molecular weight is 224 g/mol. The lowest BCUT2D eigenvalue weighted by molar-refractivity contribution is 0.0429. The molecule has 0 aromatic heterocycles. The monoisotopic (exact) mass is 224 g/mol. The molecule has 0 amide bonds. The SMILES string of the molecule is CC1CCCC(CN)N1C1CCCCCC1. The molecule has 2 nitrogen and oxygen atoms in total. The van der Waals surface area contributed by atoms with Crippen LogP contribution in [0.2, 0.25) is 0 Å². The fourth-order valence-electron chi connectivity index (χ4n) is 3.76. The summed E-state index contributed by atoms with van der Waals surface area (Å²) in [7, 11) is 0. The molecule has 0 radical (unpaired) electrons. The standard InChI is InChI=1S/C14H28N2/c1-12-7-6-10-14(11-15)16(12)13-8-4-2-3-5-9-13/h12-14H,2-11,15H2,1H3. The molecule has 2 rings (SSSR count). The van der Waals surface area contributed by atoms with E-state index in [2.05, 4.69) is 11.8 Å². The molecule has 1 saturated heterocycles. The van der Waals surface area contributed by atoms with Gasteiger partial charge in [-0.1, -0.05) is 32.1 Å². The molecule has 0 aromatic rings. The van der Waals surface area contributed by atoms with Gasteiger partial charge in [-0.05, 0) is 32.6 Å². The van der Waals surface area contributed by atoms with Crippen LogP contribution in [-0.4, -0.2) is 29.6 Å². The van der Waals surface area contributed by atoms with E-state index in [1.54, 1.807) is 0 Å². The second kappa shape index (κ2) is 6.02. The molecule has 1 aliphatic heterocycles. The van der Waals surface area contributed by atoms with Crippen LogP contribution in [0, 0.1) is 0 Å². The number of likely N-dealkylation sites (tertiary alicyclic amines) is 1. The van der Waals surface area contributed by atoms with E-state index in [1.807, 2.05) is 0 Å². The summed E-state index contributed by atoms with van der Waals surface area (Å²) in [4.78, 5) is 2.79. The van der Waals surface area contributed by atoms with E-state index in [9.17, 15) is 0 Å². The van der Waals surface area contributed by atoms with E-state index in [-0.39, 0.29) is 0 Å². The molecule has 1 heterocycles. The second-order valence-corrected chi connectivity index (χ2v) is 5.76. The van der Waals surface area contributed by atoms with Crippen molar-refractivity contribution in [2.75, 3.05) is 6.54 Å². The summed E-state index contributed by atoms with van der Waals surface area (Å²) >= 11 is 0. The Hall–Kier alpha value is -0.0800. The van der Waals surface area contributed by atoms with Crippen molar-refractivity contribution in [3.05, 3.63) is 0 Å². The maximum Gasteiger partial charge on any atom is 0.0224 e. The van der Waals surface area contributed by atoms with E-state index < -0.39 is 0 Å². The van der Waals surface area contributed by atoms with Gasteiger partial charge < -0.3 is 5.73 Å². The molecule has 2 atom stereocenters. The van der Waals surface area contributed by atoms with Crippen LogP contribution >= 0.6 is 0 Å². The van der Waals surface area contributed by atoms with Crippen LogP contribution in [0.5, 0.6) is 0 Å². The second-order valence-electron chi connectivity index (χ2n) is 5.76. The maximum absolute atomic E-state index is 5.96. The lowest BCUT2D eigenvalue weighted by Crippen LogP contribution is -2.53. The first-order chi connectivity index (χ1) is 7.83. The average Bonchev–Trinajstić information content (AvgIpc) is 2.57. The topological polar surface area (TPSA) is 29.3 Å². The molecule has 2 N–H and O–H groups in total. The van der Waals surface area contributed by atoms with Gasteiger partial charge in [0.25, 0.3) is 0 Å². The molecule has 1 saturated carbocycles. The van der Waals surface area contributed by atoms with Crippen LogP contribution in [0.4, 0.5) is 0 Å². The molecule has 94 valence electrons. The van der Waals surface area contributed by atoms with Crippen LogP contribution < -0.4 is 5.73 Å². The maximum atomic E-state index is 5.96. The predicted octanol–water partition coefficient (Wildman–Crippen LogP) is 2.91. The molecule has 2 fully saturated rings. The normalized spacial score (nSPS) is 34.9. The van der Waals surface area contributed by atoms with Crippen LogP contribution in [0.25, 0.3) is 0 Å². The summed E-state index contributed by atoms with van der Waals surface area (Å²) in [6.07, 6.45) is 12.7. The first-order valence-electron chi connectivity index (χ1n) is 7.30. The van der Waals surface area contributed by atoms with Gasteiger partial charge in [0.05, 0.1) is 0 Å². The Morgan fingerprint density at radius 3 is 2.25 bits per heavy atom. The van der Waals surface area contributed by atoms with Crippen LogP contribution in [-0.2, 0) is 0 Å². The molecule has 0 spiro atoms. The Bertz CT molecular complexity index is 197. The fraction of sp³-hybridized carbons (Fsp3) is 1.00. The summed E-state index contributed by atoms with van der Waals surface area (Å²) in [5.74, 6) is 0. The van der Waals surface area contributed by atoms with Crippen molar-refractivity contribution < 1.29 is 0 Å². The van der Waals surface area contributed by atoms with E-state index >= 15 is 0 Å². The van der Waals surface area contributed by atoms with Crippen molar-refractivity contribution in [2.24, 2.45) is 5.73 Å². The van der Waals surface area contributed by atoms with Gasteiger partial charge in [-0.3, -0.25) is 4.90 Å². The lowest BCUT2D eigenvalue weighted by atomic mass is 9.92. The molecule has 0 bridgehead atoms. The van der Waals surface area contributed by atoms with E-state index in [0.717, 1.165) is 18.6 Å². The quantitative estimate of drug-likeness (QED) is 0.731. The molecule has 2 aliphatic rings. The molecular formula is C14H28N2. The molecule has 1 aliphatic carbocycles. The molecule has 0 aromatic carbocycles. The number of nitrogens with two attached hydrogens (primary N) is 1. The minimum atomic E-state index is 0.673. The summed E-state index contributed by atoms with van der Waals surface area (Å²) in [6.45, 7) is 3.27. The van der Waals surface area contributed by atoms with Crippen molar-refractivity contribution in [3.8, 4) is 0 Å². The van der Waals surface area contributed by atoms with Crippen LogP contribution in [0.15, 0.2) is 0 Å². The fourth-order valence-corrected chi connectivity index (χ4v) is 3.76. The number of nitrogens with zero attached hydrogens (tertiary/aromatic N) is 1. The first-order valence-corrected chi connectivity index (χ1v) is 7.30. The van der Waals surface area contributed by atoms with Crippen molar-refractivity contribution in [2.45, 2.75) is 82.8 Å². The van der Waals surface area contributed by atoms with Gasteiger partial charge in [0, 0.05) is 24.7 Å². The van der Waals surface area contributed by atoms with Crippen molar-refractivity contribution in [1.29, 1.82) is 0 Å². The number of hydrogen-bond donors (Lipinski definition) is 1. The molecule has 2 unspecified atom stereocenters. The largest absolute Gasteiger partial charge is 0.329 e. The zero-order valence-electron chi connectivity index (χ0n) is 10.8. The zero-order valence-corrected chi connectivity index (χ0v) is 10.8. The third-order valence-corrected chi connectivity index (χ3v) is 4.61. The summed E-state index contributed by atoms with van der Waals surface area (Å²) in [6, 6.07) is 2.28. The summed E-state index contributed by atoms with van der Waals surface area (Å²) < 4.78 is 0. The Kier molecular flexibility index (Phi) is 4.66. The molecule has 16 heavy (non-hydrogen) atoms. The van der Waals surface area contributed by atoms with Gasteiger partial charge in [-0.15, -0.1) is 0 Å². The number of rotatable bonds is 2. The van der Waals surface area contributed by atoms with Gasteiger partial charge in [-0.25, -0.2) is 0 Å². The van der Waals surface area contributed by atoms with E-state index in [1.165, 1.54) is 57.8 Å². The Balaban J connectivity index is 2.01. The van der Waals surface area contributed by atoms with Crippen LogP contribution in [0.1, 0.15) is 64.7 Å². The third-order valence-electron chi connectivity index (χ3n) is 4.61. The van der Waals surface area contributed by atoms with Crippen molar-refractivity contribution >= 4 is 0 Å². The molecular weight excluding hydrogens is 196 g/mol. The Labute approximate surface area is 101 Å². The van der Waals surface area contributed by atoms with Crippen molar-refractivity contribution in [3.63, 3.8) is 0 Å². The zero-order chi connectivity index (χ0) is 11.4. The number of hydrogen-bond acceptors (Lipinski definition) is 2. The highest BCUT2D eigenvalue weighted by Gasteiger charge is 2.32. The van der Waals surface area contributed by atoms with Gasteiger partial charge in [-0.2, -0.15) is 0 Å². The minimum absolute atomic E-state index is 0.673. The molecule has 2 heteroatoms. The van der Waals surface area contributed by atoms with Gasteiger partial charge in [0.2, 0.25) is 0 Å². The van der Waals surface area contributed by atoms with Gasteiger partial charge >= 0.3 is 0 Å².